The van der Waals surface area contributed by atoms with Crippen LogP contribution >= 0.6 is 0 Å². The first-order valence-electron chi connectivity index (χ1n) is 10.4. The van der Waals surface area contributed by atoms with Gasteiger partial charge in [0, 0.05) is 31.7 Å². The molecular formula is C22H30N2O4. The van der Waals surface area contributed by atoms with Gasteiger partial charge < -0.3 is 20.0 Å². The minimum atomic E-state index is -0.686. The van der Waals surface area contributed by atoms with Crippen molar-refractivity contribution < 1.29 is 19.8 Å². The Labute approximate surface area is 166 Å². The minimum absolute atomic E-state index is 0.00175. The number of fused-ring (bicyclic) bond motifs is 1. The lowest BCUT2D eigenvalue weighted by atomic mass is 9.79. The summed E-state index contributed by atoms with van der Waals surface area (Å²) in [7, 11) is 0. The van der Waals surface area contributed by atoms with Crippen LogP contribution in [0.1, 0.15) is 44.6 Å². The molecule has 0 aromatic heterocycles. The predicted molar refractivity (Wildman–Crippen MR) is 106 cm³/mol. The topological polar surface area (TPSA) is 81.1 Å². The fourth-order valence-corrected chi connectivity index (χ4v) is 5.01. The smallest absolute Gasteiger partial charge is 0.228 e. The molecule has 2 saturated heterocycles. The van der Waals surface area contributed by atoms with E-state index in [1.165, 1.54) is 5.56 Å². The summed E-state index contributed by atoms with van der Waals surface area (Å²) < 4.78 is 0. The van der Waals surface area contributed by atoms with Gasteiger partial charge in [-0.15, -0.1) is 0 Å². The van der Waals surface area contributed by atoms with Gasteiger partial charge in [-0.25, -0.2) is 0 Å². The van der Waals surface area contributed by atoms with Crippen molar-refractivity contribution in [3.05, 3.63) is 29.8 Å². The van der Waals surface area contributed by atoms with Crippen molar-refractivity contribution in [3.8, 4) is 0 Å². The Bertz CT molecular complexity index is 729. The van der Waals surface area contributed by atoms with Crippen LogP contribution < -0.4 is 4.90 Å². The largest absolute Gasteiger partial charge is 0.390 e. The molecule has 6 heteroatoms. The fourth-order valence-electron chi connectivity index (χ4n) is 5.01. The van der Waals surface area contributed by atoms with Gasteiger partial charge in [0.25, 0.3) is 0 Å². The molecule has 0 radical (unpaired) electrons. The number of carbonyl (C=O) groups excluding carboxylic acids is 2. The molecule has 0 bridgehead atoms. The summed E-state index contributed by atoms with van der Waals surface area (Å²) in [6.07, 6.45) is -0.0227. The van der Waals surface area contributed by atoms with Gasteiger partial charge in [0.15, 0.2) is 0 Å². The van der Waals surface area contributed by atoms with Crippen molar-refractivity contribution >= 4 is 17.5 Å². The number of benzene rings is 1. The monoisotopic (exact) mass is 386 g/mol. The van der Waals surface area contributed by atoms with Crippen LogP contribution in [0.15, 0.2) is 24.3 Å². The summed E-state index contributed by atoms with van der Waals surface area (Å²) in [6.45, 7) is 5.95. The Morgan fingerprint density at radius 1 is 1.00 bits per heavy atom. The normalized spacial score (nSPS) is 32.9. The Kier molecular flexibility index (Phi) is 5.19. The zero-order valence-electron chi connectivity index (χ0n) is 16.6. The van der Waals surface area contributed by atoms with Gasteiger partial charge in [-0.05, 0) is 48.3 Å². The number of amides is 2. The van der Waals surface area contributed by atoms with Gasteiger partial charge in [0.1, 0.15) is 0 Å². The minimum Gasteiger partial charge on any atom is -0.390 e. The highest BCUT2D eigenvalue weighted by Crippen LogP contribution is 2.38. The van der Waals surface area contributed by atoms with E-state index in [1.807, 2.05) is 29.2 Å². The van der Waals surface area contributed by atoms with Crippen molar-refractivity contribution in [2.45, 2.75) is 51.2 Å². The first-order chi connectivity index (χ1) is 13.3. The number of aliphatic hydroxyl groups excluding tert-OH is 2. The summed E-state index contributed by atoms with van der Waals surface area (Å²) in [5.41, 5.74) is 2.08. The van der Waals surface area contributed by atoms with E-state index in [2.05, 4.69) is 13.8 Å². The summed E-state index contributed by atoms with van der Waals surface area (Å²) >= 11 is 0. The molecule has 3 fully saturated rings. The first kappa shape index (κ1) is 19.4. The van der Waals surface area contributed by atoms with E-state index >= 15 is 0 Å². The maximum atomic E-state index is 13.0. The molecule has 4 rings (SSSR count). The molecular weight excluding hydrogens is 356 g/mol. The highest BCUT2D eigenvalue weighted by molar-refractivity contribution is 6.00. The average Bonchev–Trinajstić information content (AvgIpc) is 3.25. The number of carbonyl (C=O) groups is 2. The lowest BCUT2D eigenvalue weighted by Crippen LogP contribution is -2.38. The summed E-state index contributed by atoms with van der Waals surface area (Å²) in [4.78, 5) is 29.2. The van der Waals surface area contributed by atoms with E-state index < -0.39 is 12.2 Å². The van der Waals surface area contributed by atoms with Crippen molar-refractivity contribution in [1.82, 2.24) is 4.90 Å². The zero-order chi connectivity index (χ0) is 20.0. The van der Waals surface area contributed by atoms with E-state index in [4.69, 9.17) is 0 Å². The lowest BCUT2D eigenvalue weighted by molar-refractivity contribution is -0.135. The third kappa shape index (κ3) is 3.55. The number of anilines is 1. The molecule has 2 amide bonds. The van der Waals surface area contributed by atoms with Crippen LogP contribution in [0.5, 0.6) is 0 Å². The van der Waals surface area contributed by atoms with Crippen molar-refractivity contribution in [2.75, 3.05) is 24.5 Å². The second-order valence-corrected chi connectivity index (χ2v) is 9.02. The Balaban J connectivity index is 1.40. The molecule has 1 aromatic rings. The molecule has 2 heterocycles. The number of hydrogen-bond acceptors (Lipinski definition) is 4. The van der Waals surface area contributed by atoms with Gasteiger partial charge >= 0.3 is 0 Å². The highest BCUT2D eigenvalue weighted by atomic mass is 16.3. The molecule has 1 saturated carbocycles. The molecule has 2 N–H and O–H groups in total. The Morgan fingerprint density at radius 3 is 2.11 bits per heavy atom. The van der Waals surface area contributed by atoms with Crippen LogP contribution in [0.25, 0.3) is 0 Å². The van der Waals surface area contributed by atoms with E-state index in [-0.39, 0.29) is 36.0 Å². The molecule has 5 atom stereocenters. The van der Waals surface area contributed by atoms with Crippen molar-refractivity contribution in [3.63, 3.8) is 0 Å². The molecule has 6 nitrogen and oxygen atoms in total. The van der Waals surface area contributed by atoms with Gasteiger partial charge in [-0.1, -0.05) is 26.0 Å². The zero-order valence-corrected chi connectivity index (χ0v) is 16.6. The van der Waals surface area contributed by atoms with Crippen LogP contribution in [0.2, 0.25) is 0 Å². The lowest BCUT2D eigenvalue weighted by Gasteiger charge is -2.31. The molecule has 152 valence electrons. The third-order valence-corrected chi connectivity index (χ3v) is 6.77. The second-order valence-electron chi connectivity index (χ2n) is 9.02. The van der Waals surface area contributed by atoms with Crippen LogP contribution in [0.4, 0.5) is 5.69 Å². The SMILES string of the molecule is CC(C)c1ccc(N2C[C@H](C(=O)N3C[C@H]4C[C@H](O)[C@H](O)C[C@H]4C3)CC2=O)cc1. The number of nitrogens with zero attached hydrogens (tertiary/aromatic N) is 2. The Hall–Kier alpha value is -1.92. The number of hydrogen-bond donors (Lipinski definition) is 2. The molecule has 3 aliphatic rings. The first-order valence-corrected chi connectivity index (χ1v) is 10.4. The van der Waals surface area contributed by atoms with Gasteiger partial charge in [-0.2, -0.15) is 0 Å². The van der Waals surface area contributed by atoms with E-state index in [1.54, 1.807) is 4.90 Å². The van der Waals surface area contributed by atoms with Crippen LogP contribution in [-0.2, 0) is 9.59 Å². The average molecular weight is 386 g/mol. The number of rotatable bonds is 3. The molecule has 1 aliphatic carbocycles. The maximum absolute atomic E-state index is 13.0. The molecule has 0 spiro atoms. The predicted octanol–water partition coefficient (Wildman–Crippen LogP) is 1.75. The Morgan fingerprint density at radius 2 is 1.57 bits per heavy atom. The van der Waals surface area contributed by atoms with E-state index in [9.17, 15) is 19.8 Å². The van der Waals surface area contributed by atoms with Crippen molar-refractivity contribution in [2.24, 2.45) is 17.8 Å². The molecule has 2 aliphatic heterocycles. The van der Waals surface area contributed by atoms with Crippen LogP contribution in [0, 0.1) is 17.8 Å². The van der Waals surface area contributed by atoms with Crippen LogP contribution in [-0.4, -0.2) is 58.8 Å². The summed E-state index contributed by atoms with van der Waals surface area (Å²) in [5, 5.41) is 19.8. The number of likely N-dealkylation sites (tertiary alicyclic amines) is 1. The van der Waals surface area contributed by atoms with E-state index in [0.29, 0.717) is 38.4 Å². The standard InChI is InChI=1S/C22H30N2O4/c1-13(2)14-3-5-18(6-4-14)24-12-17(9-21(24)27)22(28)23-10-15-7-19(25)20(26)8-16(15)11-23/h3-6,13,15-17,19-20,25-26H,7-12H2,1-2H3/t15-,16+,17-,19+,20-/m1/s1. The molecule has 0 unspecified atom stereocenters. The molecule has 28 heavy (non-hydrogen) atoms. The summed E-state index contributed by atoms with van der Waals surface area (Å²) in [6, 6.07) is 8.02. The third-order valence-electron chi connectivity index (χ3n) is 6.77. The van der Waals surface area contributed by atoms with Gasteiger partial charge in [-0.3, -0.25) is 9.59 Å². The quantitative estimate of drug-likeness (QED) is 0.829. The summed E-state index contributed by atoms with van der Waals surface area (Å²) in [5.74, 6) is 0.657. The maximum Gasteiger partial charge on any atom is 0.228 e. The highest BCUT2D eigenvalue weighted by Gasteiger charge is 2.45. The van der Waals surface area contributed by atoms with Crippen molar-refractivity contribution in [1.29, 1.82) is 0 Å². The van der Waals surface area contributed by atoms with Gasteiger partial charge in [0.2, 0.25) is 11.8 Å². The number of aliphatic hydroxyl groups is 2. The van der Waals surface area contributed by atoms with Gasteiger partial charge in [0.05, 0.1) is 18.1 Å². The molecule has 1 aromatic carbocycles. The van der Waals surface area contributed by atoms with Crippen LogP contribution in [0.3, 0.4) is 0 Å². The second kappa shape index (κ2) is 7.48. The fraction of sp³-hybridized carbons (Fsp3) is 0.636. The van der Waals surface area contributed by atoms with E-state index in [0.717, 1.165) is 5.69 Å².